The van der Waals surface area contributed by atoms with E-state index in [4.69, 9.17) is 14.2 Å². The van der Waals surface area contributed by atoms with Gasteiger partial charge >= 0.3 is 5.97 Å². The Morgan fingerprint density at radius 2 is 1.15 bits per heavy atom. The van der Waals surface area contributed by atoms with Crippen molar-refractivity contribution in [1.82, 2.24) is 0 Å². The molecular formula is C35H54O4. The van der Waals surface area contributed by atoms with E-state index in [0.29, 0.717) is 30.3 Å². The number of rotatable bonds is 24. The minimum Gasteiger partial charge on any atom is -0.494 e. The third-order valence-corrected chi connectivity index (χ3v) is 7.33. The zero-order valence-corrected chi connectivity index (χ0v) is 24.9. The van der Waals surface area contributed by atoms with Crippen LogP contribution >= 0.6 is 0 Å². The maximum absolute atomic E-state index is 12.3. The molecule has 4 nitrogen and oxygen atoms in total. The van der Waals surface area contributed by atoms with Crippen LogP contribution in [-0.4, -0.2) is 26.3 Å². The minimum atomic E-state index is -0.402. The number of unbranched alkanes of at least 4 members (excludes halogenated alkanes) is 15. The predicted octanol–water partition coefficient (Wildman–Crippen LogP) is 10.1. The van der Waals surface area contributed by atoms with Gasteiger partial charge in [-0.05, 0) is 43.0 Å². The van der Waals surface area contributed by atoms with Gasteiger partial charge in [0.05, 0.1) is 20.3 Å². The maximum atomic E-state index is 12.3. The Bertz CT molecular complexity index is 864. The molecule has 39 heavy (non-hydrogen) atoms. The molecule has 0 heterocycles. The van der Waals surface area contributed by atoms with Crippen molar-refractivity contribution >= 4 is 5.97 Å². The van der Waals surface area contributed by atoms with Gasteiger partial charge in [-0.3, -0.25) is 0 Å². The van der Waals surface area contributed by atoms with Gasteiger partial charge in [0.25, 0.3) is 0 Å². The molecule has 0 bridgehead atoms. The first-order chi connectivity index (χ1) is 19.2. The molecule has 0 N–H and O–H groups in total. The second-order valence-corrected chi connectivity index (χ2v) is 10.7. The van der Waals surface area contributed by atoms with Gasteiger partial charge in [0, 0.05) is 0 Å². The highest BCUT2D eigenvalue weighted by molar-refractivity contribution is 5.92. The molecule has 0 fully saturated rings. The standard InChI is InChI=1S/C35H54O4/c1-3-4-5-6-7-8-9-10-11-12-13-14-15-16-17-21-28-38-32-26-27-34(33(30-32)35(36)37-2)39-29-22-25-31-23-19-18-20-24-31/h18-20,23-24,26-27,30H,3-17,21-22,25,28-29H2,1-2H3. The molecule has 0 aliphatic carbocycles. The highest BCUT2D eigenvalue weighted by atomic mass is 16.5. The summed E-state index contributed by atoms with van der Waals surface area (Å²) < 4.78 is 16.8. The molecule has 0 radical (unpaired) electrons. The summed E-state index contributed by atoms with van der Waals surface area (Å²) in [5.41, 5.74) is 1.70. The molecule has 0 amide bonds. The number of esters is 1. The summed E-state index contributed by atoms with van der Waals surface area (Å²) in [5, 5.41) is 0. The Morgan fingerprint density at radius 1 is 0.615 bits per heavy atom. The van der Waals surface area contributed by atoms with Crippen molar-refractivity contribution in [3.63, 3.8) is 0 Å². The third-order valence-electron chi connectivity index (χ3n) is 7.33. The Balaban J connectivity index is 1.51. The van der Waals surface area contributed by atoms with E-state index >= 15 is 0 Å². The lowest BCUT2D eigenvalue weighted by Gasteiger charge is -2.13. The Kier molecular flexibility index (Phi) is 18.7. The van der Waals surface area contributed by atoms with E-state index < -0.39 is 5.97 Å². The number of aryl methyl sites for hydroxylation is 1. The lowest BCUT2D eigenvalue weighted by Crippen LogP contribution is -2.08. The molecule has 218 valence electrons. The highest BCUT2D eigenvalue weighted by Crippen LogP contribution is 2.26. The van der Waals surface area contributed by atoms with E-state index in [1.807, 2.05) is 30.3 Å². The Labute approximate surface area is 238 Å². The molecule has 0 saturated heterocycles. The van der Waals surface area contributed by atoms with Crippen molar-refractivity contribution in [2.45, 2.75) is 122 Å². The van der Waals surface area contributed by atoms with Gasteiger partial charge < -0.3 is 14.2 Å². The number of benzene rings is 2. The number of hydrogen-bond acceptors (Lipinski definition) is 4. The smallest absolute Gasteiger partial charge is 0.341 e. The van der Waals surface area contributed by atoms with Crippen LogP contribution in [0.15, 0.2) is 48.5 Å². The van der Waals surface area contributed by atoms with E-state index in [0.717, 1.165) is 19.3 Å². The molecule has 0 aliphatic rings. The van der Waals surface area contributed by atoms with Gasteiger partial charge in [-0.15, -0.1) is 0 Å². The van der Waals surface area contributed by atoms with Crippen LogP contribution in [0.1, 0.15) is 132 Å². The van der Waals surface area contributed by atoms with Crippen LogP contribution in [0.25, 0.3) is 0 Å². The van der Waals surface area contributed by atoms with Crippen LogP contribution in [-0.2, 0) is 11.2 Å². The fourth-order valence-corrected chi connectivity index (χ4v) is 4.94. The predicted molar refractivity (Wildman–Crippen MR) is 163 cm³/mol. The first-order valence-corrected chi connectivity index (χ1v) is 15.8. The number of carbonyl (C=O) groups excluding carboxylic acids is 1. The van der Waals surface area contributed by atoms with Crippen molar-refractivity contribution in [2.75, 3.05) is 20.3 Å². The van der Waals surface area contributed by atoms with E-state index in [1.165, 1.54) is 109 Å². The van der Waals surface area contributed by atoms with Gasteiger partial charge in [0.1, 0.15) is 17.1 Å². The van der Waals surface area contributed by atoms with Crippen molar-refractivity contribution in [2.24, 2.45) is 0 Å². The van der Waals surface area contributed by atoms with Gasteiger partial charge in [0.15, 0.2) is 0 Å². The zero-order valence-electron chi connectivity index (χ0n) is 24.9. The largest absolute Gasteiger partial charge is 0.494 e. The molecule has 0 atom stereocenters. The van der Waals surface area contributed by atoms with Gasteiger partial charge in [-0.25, -0.2) is 4.79 Å². The molecule has 0 aromatic heterocycles. The zero-order chi connectivity index (χ0) is 27.8. The summed E-state index contributed by atoms with van der Waals surface area (Å²) in [7, 11) is 1.39. The summed E-state index contributed by atoms with van der Waals surface area (Å²) in [6, 6.07) is 15.8. The van der Waals surface area contributed by atoms with Crippen LogP contribution in [0.2, 0.25) is 0 Å². The Morgan fingerprint density at radius 3 is 1.72 bits per heavy atom. The molecule has 2 aromatic rings. The quantitative estimate of drug-likeness (QED) is 0.0985. The van der Waals surface area contributed by atoms with E-state index in [9.17, 15) is 4.79 Å². The van der Waals surface area contributed by atoms with Crippen LogP contribution < -0.4 is 9.47 Å². The first kappa shape index (κ1) is 32.7. The summed E-state index contributed by atoms with van der Waals surface area (Å²) in [6.45, 7) is 3.49. The van der Waals surface area contributed by atoms with Crippen molar-refractivity contribution in [3.8, 4) is 11.5 Å². The number of carbonyl (C=O) groups is 1. The topological polar surface area (TPSA) is 44.8 Å². The maximum Gasteiger partial charge on any atom is 0.341 e. The summed E-state index contributed by atoms with van der Waals surface area (Å²) in [5.74, 6) is 0.832. The monoisotopic (exact) mass is 538 g/mol. The lowest BCUT2D eigenvalue weighted by atomic mass is 10.0. The van der Waals surface area contributed by atoms with E-state index in [2.05, 4.69) is 19.1 Å². The normalized spacial score (nSPS) is 10.9. The minimum absolute atomic E-state index is 0.402. The van der Waals surface area contributed by atoms with Crippen LogP contribution in [0, 0.1) is 0 Å². The summed E-state index contributed by atoms with van der Waals surface area (Å²) >= 11 is 0. The number of hydrogen-bond donors (Lipinski definition) is 0. The summed E-state index contributed by atoms with van der Waals surface area (Å²) in [4.78, 5) is 12.3. The number of methoxy groups -OCH3 is 1. The molecular weight excluding hydrogens is 484 g/mol. The third kappa shape index (κ3) is 15.6. The van der Waals surface area contributed by atoms with Crippen LogP contribution in [0.4, 0.5) is 0 Å². The van der Waals surface area contributed by atoms with Gasteiger partial charge in [-0.1, -0.05) is 134 Å². The average Bonchev–Trinajstić information content (AvgIpc) is 2.97. The second-order valence-electron chi connectivity index (χ2n) is 10.7. The molecule has 0 spiro atoms. The molecule has 0 saturated carbocycles. The SMILES string of the molecule is CCCCCCCCCCCCCCCCCCOc1ccc(OCCCc2ccccc2)c(C(=O)OC)c1. The van der Waals surface area contributed by atoms with Gasteiger partial charge in [-0.2, -0.15) is 0 Å². The van der Waals surface area contributed by atoms with Crippen molar-refractivity contribution in [1.29, 1.82) is 0 Å². The average molecular weight is 539 g/mol. The molecule has 0 aliphatic heterocycles. The van der Waals surface area contributed by atoms with Crippen molar-refractivity contribution in [3.05, 3.63) is 59.7 Å². The highest BCUT2D eigenvalue weighted by Gasteiger charge is 2.15. The number of ether oxygens (including phenoxy) is 3. The molecule has 2 aromatic carbocycles. The van der Waals surface area contributed by atoms with Crippen molar-refractivity contribution < 1.29 is 19.0 Å². The van der Waals surface area contributed by atoms with Crippen LogP contribution in [0.5, 0.6) is 11.5 Å². The van der Waals surface area contributed by atoms with Crippen LogP contribution in [0.3, 0.4) is 0 Å². The fraction of sp³-hybridized carbons (Fsp3) is 0.629. The molecule has 4 heteroatoms. The molecule has 2 rings (SSSR count). The first-order valence-electron chi connectivity index (χ1n) is 15.8. The van der Waals surface area contributed by atoms with Gasteiger partial charge in [0.2, 0.25) is 0 Å². The Hall–Kier alpha value is -2.49. The van der Waals surface area contributed by atoms with E-state index in [1.54, 1.807) is 6.07 Å². The fourth-order valence-electron chi connectivity index (χ4n) is 4.94. The van der Waals surface area contributed by atoms with E-state index in [-0.39, 0.29) is 0 Å². The lowest BCUT2D eigenvalue weighted by molar-refractivity contribution is 0.0595. The molecule has 0 unspecified atom stereocenters. The second kappa shape index (κ2) is 22.3. The summed E-state index contributed by atoms with van der Waals surface area (Å²) in [6.07, 6.45) is 23.5.